The number of benzene rings is 2. The molecule has 2 aromatic carbocycles. The van der Waals surface area contributed by atoms with Crippen molar-refractivity contribution in [2.45, 2.75) is 25.9 Å². The number of fused-ring (bicyclic) bond motifs is 1. The van der Waals surface area contributed by atoms with Crippen LogP contribution >= 0.6 is 11.6 Å². The third-order valence-electron chi connectivity index (χ3n) is 4.55. The average Bonchev–Trinajstić information content (AvgIpc) is 3.19. The first-order valence-corrected chi connectivity index (χ1v) is 8.65. The van der Waals surface area contributed by atoms with Crippen LogP contribution in [0.15, 0.2) is 36.4 Å². The van der Waals surface area contributed by atoms with Crippen molar-refractivity contribution in [1.82, 2.24) is 5.32 Å². The topological polar surface area (TPSA) is 67.9 Å². The fraction of sp³-hybridized carbons (Fsp3) is 0.263. The van der Waals surface area contributed by atoms with Crippen molar-refractivity contribution >= 4 is 29.1 Å². The number of rotatable bonds is 4. The van der Waals surface area contributed by atoms with E-state index in [1.54, 1.807) is 18.2 Å². The molecular weight excluding hydrogens is 356 g/mol. The predicted octanol–water partition coefficient (Wildman–Crippen LogP) is 2.80. The zero-order valence-electron chi connectivity index (χ0n) is 14.1. The van der Waals surface area contributed by atoms with Gasteiger partial charge in [-0.2, -0.15) is 0 Å². The Morgan fingerprint density at radius 1 is 1.15 bits per heavy atom. The van der Waals surface area contributed by atoms with E-state index in [0.29, 0.717) is 28.8 Å². The van der Waals surface area contributed by atoms with E-state index in [9.17, 15) is 9.59 Å². The molecule has 1 N–H and O–H groups in total. The summed E-state index contributed by atoms with van der Waals surface area (Å²) in [6.45, 7) is 2.54. The molecule has 2 aliphatic heterocycles. The second-order valence-corrected chi connectivity index (χ2v) is 6.73. The van der Waals surface area contributed by atoms with Gasteiger partial charge >= 0.3 is 0 Å². The molecule has 1 fully saturated rings. The monoisotopic (exact) mass is 372 g/mol. The molecule has 2 aliphatic rings. The van der Waals surface area contributed by atoms with E-state index in [1.807, 2.05) is 25.1 Å². The molecule has 2 aromatic rings. The molecule has 0 aliphatic carbocycles. The maximum Gasteiger partial charge on any atom is 0.251 e. The number of nitrogens with zero attached hydrogens (tertiary/aromatic N) is 1. The normalized spacial score (nSPS) is 18.7. The van der Waals surface area contributed by atoms with E-state index in [4.69, 9.17) is 21.1 Å². The smallest absolute Gasteiger partial charge is 0.251 e. The second kappa shape index (κ2) is 6.63. The van der Waals surface area contributed by atoms with Crippen molar-refractivity contribution in [2.75, 3.05) is 11.7 Å². The number of hydrogen-bond donors (Lipinski definition) is 1. The number of carbonyl (C=O) groups excluding carboxylic acids is 2. The molecule has 0 spiro atoms. The lowest BCUT2D eigenvalue weighted by atomic mass is 10.1. The van der Waals surface area contributed by atoms with Gasteiger partial charge in [-0.25, -0.2) is 4.90 Å². The van der Waals surface area contributed by atoms with Crippen molar-refractivity contribution < 1.29 is 19.1 Å². The number of halogens is 1. The SMILES string of the molecule is Cc1ccc(N2C(=O)C[C@@H](NCc3ccc4c(c3)OCO4)C2=O)cc1Cl. The van der Waals surface area contributed by atoms with Crippen LogP contribution in [0.2, 0.25) is 5.02 Å². The van der Waals surface area contributed by atoms with Gasteiger partial charge in [0.05, 0.1) is 18.2 Å². The number of imide groups is 1. The summed E-state index contributed by atoms with van der Waals surface area (Å²) < 4.78 is 10.6. The number of carbonyl (C=O) groups is 2. The molecule has 2 heterocycles. The van der Waals surface area contributed by atoms with Gasteiger partial charge in [-0.1, -0.05) is 23.7 Å². The molecule has 134 valence electrons. The molecular formula is C19H17ClN2O4. The first kappa shape index (κ1) is 16.9. The first-order chi connectivity index (χ1) is 12.5. The van der Waals surface area contributed by atoms with Crippen LogP contribution in [-0.4, -0.2) is 24.6 Å². The summed E-state index contributed by atoms with van der Waals surface area (Å²) in [4.78, 5) is 26.2. The van der Waals surface area contributed by atoms with E-state index < -0.39 is 6.04 Å². The van der Waals surface area contributed by atoms with Gasteiger partial charge in [-0.15, -0.1) is 0 Å². The van der Waals surface area contributed by atoms with Crippen molar-refractivity contribution in [3.63, 3.8) is 0 Å². The molecule has 0 saturated carbocycles. The second-order valence-electron chi connectivity index (χ2n) is 6.33. The van der Waals surface area contributed by atoms with Crippen molar-refractivity contribution in [3.05, 3.63) is 52.5 Å². The summed E-state index contributed by atoms with van der Waals surface area (Å²) in [6.07, 6.45) is 0.120. The van der Waals surface area contributed by atoms with E-state index in [0.717, 1.165) is 11.1 Å². The maximum absolute atomic E-state index is 12.7. The quantitative estimate of drug-likeness (QED) is 0.836. The van der Waals surface area contributed by atoms with Crippen molar-refractivity contribution in [2.24, 2.45) is 0 Å². The summed E-state index contributed by atoms with van der Waals surface area (Å²) in [7, 11) is 0. The molecule has 0 radical (unpaired) electrons. The Hall–Kier alpha value is -2.57. The van der Waals surface area contributed by atoms with Crippen LogP contribution in [0.3, 0.4) is 0 Å². The van der Waals surface area contributed by atoms with Crippen LogP contribution in [-0.2, 0) is 16.1 Å². The zero-order chi connectivity index (χ0) is 18.3. The minimum absolute atomic E-state index is 0.120. The molecule has 1 atom stereocenters. The highest BCUT2D eigenvalue weighted by Gasteiger charge is 2.39. The van der Waals surface area contributed by atoms with Gasteiger partial charge in [0.15, 0.2) is 11.5 Å². The minimum atomic E-state index is -0.562. The Balaban J connectivity index is 1.46. The Labute approximate surface area is 155 Å². The van der Waals surface area contributed by atoms with Crippen LogP contribution in [0.5, 0.6) is 11.5 Å². The van der Waals surface area contributed by atoms with E-state index in [1.165, 1.54) is 4.90 Å². The fourth-order valence-corrected chi connectivity index (χ4v) is 3.25. The highest BCUT2D eigenvalue weighted by atomic mass is 35.5. The van der Waals surface area contributed by atoms with E-state index in [2.05, 4.69) is 5.32 Å². The number of hydrogen-bond acceptors (Lipinski definition) is 5. The molecule has 0 unspecified atom stereocenters. The van der Waals surface area contributed by atoms with Gasteiger partial charge in [0.25, 0.3) is 5.91 Å². The molecule has 26 heavy (non-hydrogen) atoms. The standard InChI is InChI=1S/C19H17ClN2O4/c1-11-2-4-13(7-14(11)20)22-18(23)8-15(19(22)24)21-9-12-3-5-16-17(6-12)26-10-25-16/h2-7,15,21H,8-10H2,1H3/t15-/m1/s1. The first-order valence-electron chi connectivity index (χ1n) is 8.28. The number of aryl methyl sites for hydroxylation is 1. The molecule has 4 rings (SSSR count). The summed E-state index contributed by atoms with van der Waals surface area (Å²) in [5.41, 5.74) is 2.35. The zero-order valence-corrected chi connectivity index (χ0v) is 14.9. The van der Waals surface area contributed by atoms with Gasteiger partial charge in [0.1, 0.15) is 0 Å². The number of nitrogens with one attached hydrogen (secondary N) is 1. The molecule has 6 nitrogen and oxygen atoms in total. The third-order valence-corrected chi connectivity index (χ3v) is 4.96. The van der Waals surface area contributed by atoms with Crippen LogP contribution in [0.4, 0.5) is 5.69 Å². The fourth-order valence-electron chi connectivity index (χ4n) is 3.08. The summed E-state index contributed by atoms with van der Waals surface area (Å²) in [6, 6.07) is 10.2. The van der Waals surface area contributed by atoms with Gasteiger partial charge in [0, 0.05) is 11.6 Å². The average molecular weight is 373 g/mol. The van der Waals surface area contributed by atoms with Gasteiger partial charge in [-0.3, -0.25) is 9.59 Å². The maximum atomic E-state index is 12.7. The van der Waals surface area contributed by atoms with Crippen LogP contribution in [0, 0.1) is 6.92 Å². The summed E-state index contributed by atoms with van der Waals surface area (Å²) in [5, 5.41) is 3.68. The highest BCUT2D eigenvalue weighted by Crippen LogP contribution is 2.32. The molecule has 2 amide bonds. The number of amides is 2. The third kappa shape index (κ3) is 3.02. The molecule has 7 heteroatoms. The lowest BCUT2D eigenvalue weighted by molar-refractivity contribution is -0.121. The van der Waals surface area contributed by atoms with E-state index in [-0.39, 0.29) is 25.0 Å². The summed E-state index contributed by atoms with van der Waals surface area (Å²) >= 11 is 6.12. The van der Waals surface area contributed by atoms with Gasteiger partial charge < -0.3 is 14.8 Å². The summed E-state index contributed by atoms with van der Waals surface area (Å²) in [5.74, 6) is 0.895. The lowest BCUT2D eigenvalue weighted by Crippen LogP contribution is -2.38. The van der Waals surface area contributed by atoms with Gasteiger partial charge in [-0.05, 0) is 42.3 Å². The molecule has 1 saturated heterocycles. The van der Waals surface area contributed by atoms with Crippen LogP contribution in [0.1, 0.15) is 17.5 Å². The predicted molar refractivity (Wildman–Crippen MR) is 96.5 cm³/mol. The van der Waals surface area contributed by atoms with Crippen LogP contribution in [0.25, 0.3) is 0 Å². The number of anilines is 1. The van der Waals surface area contributed by atoms with Crippen molar-refractivity contribution in [1.29, 1.82) is 0 Å². The Bertz CT molecular complexity index is 899. The Kier molecular flexibility index (Phi) is 4.30. The number of ether oxygens (including phenoxy) is 2. The van der Waals surface area contributed by atoms with Gasteiger partial charge in [0.2, 0.25) is 12.7 Å². The Morgan fingerprint density at radius 2 is 1.96 bits per heavy atom. The minimum Gasteiger partial charge on any atom is -0.454 e. The molecule has 0 bridgehead atoms. The molecule has 0 aromatic heterocycles. The largest absolute Gasteiger partial charge is 0.454 e. The van der Waals surface area contributed by atoms with E-state index >= 15 is 0 Å². The van der Waals surface area contributed by atoms with Crippen LogP contribution < -0.4 is 19.7 Å². The van der Waals surface area contributed by atoms with Crippen molar-refractivity contribution in [3.8, 4) is 11.5 Å². The highest BCUT2D eigenvalue weighted by molar-refractivity contribution is 6.32. The Morgan fingerprint density at radius 3 is 2.77 bits per heavy atom. The lowest BCUT2D eigenvalue weighted by Gasteiger charge is -2.16.